The summed E-state index contributed by atoms with van der Waals surface area (Å²) < 4.78 is 7.55. The molecule has 2 N–H and O–H groups in total. The first-order valence-corrected chi connectivity index (χ1v) is 7.64. The number of ether oxygens (including phenoxy) is 1. The Morgan fingerprint density at radius 3 is 3.00 bits per heavy atom. The van der Waals surface area contributed by atoms with Crippen LogP contribution in [-0.4, -0.2) is 40.8 Å². The van der Waals surface area contributed by atoms with Crippen LogP contribution in [-0.2, 0) is 16.6 Å². The van der Waals surface area contributed by atoms with Crippen LogP contribution in [0.15, 0.2) is 24.3 Å². The Morgan fingerprint density at radius 2 is 2.27 bits per heavy atom. The first-order valence-electron chi connectivity index (χ1n) is 7.64. The van der Waals surface area contributed by atoms with Gasteiger partial charge >= 0.3 is 0 Å². The molecule has 22 heavy (non-hydrogen) atoms. The Balaban J connectivity index is 1.76. The molecule has 1 amide bonds. The molecule has 1 aromatic carbocycles. The second kappa shape index (κ2) is 6.06. The van der Waals surface area contributed by atoms with Gasteiger partial charge in [0.25, 0.3) is 0 Å². The van der Waals surface area contributed by atoms with Crippen LogP contribution in [0, 0.1) is 0 Å². The lowest BCUT2D eigenvalue weighted by molar-refractivity contribution is -0.129. The number of benzene rings is 1. The lowest BCUT2D eigenvalue weighted by atomic mass is 10.1. The molecular formula is C16H22N4O2. The van der Waals surface area contributed by atoms with E-state index in [4.69, 9.17) is 4.74 Å². The summed E-state index contributed by atoms with van der Waals surface area (Å²) in [5, 5.41) is 6.24. The van der Waals surface area contributed by atoms with Gasteiger partial charge in [-0.3, -0.25) is 4.79 Å². The van der Waals surface area contributed by atoms with Crippen LogP contribution in [0.1, 0.15) is 25.7 Å². The SMILES string of the molecule is CC(NC(=O)[C@H]1NCCO[C@@H]1C)c1nc2ccccc2n1C. The van der Waals surface area contributed by atoms with Crippen molar-refractivity contribution >= 4 is 16.9 Å². The van der Waals surface area contributed by atoms with Gasteiger partial charge in [0.2, 0.25) is 5.91 Å². The van der Waals surface area contributed by atoms with Crippen LogP contribution in [0.25, 0.3) is 11.0 Å². The van der Waals surface area contributed by atoms with Crippen LogP contribution < -0.4 is 10.6 Å². The maximum Gasteiger partial charge on any atom is 0.240 e. The molecule has 1 saturated heterocycles. The average molecular weight is 302 g/mol. The quantitative estimate of drug-likeness (QED) is 0.892. The number of carbonyl (C=O) groups excluding carboxylic acids is 1. The summed E-state index contributed by atoms with van der Waals surface area (Å²) in [5.74, 6) is 0.797. The number of para-hydroxylation sites is 2. The van der Waals surface area contributed by atoms with Crippen LogP contribution in [0.2, 0.25) is 0 Å². The third-order valence-electron chi connectivity index (χ3n) is 4.17. The Labute approximate surface area is 129 Å². The largest absolute Gasteiger partial charge is 0.375 e. The molecular weight excluding hydrogens is 280 g/mol. The molecule has 0 aliphatic carbocycles. The molecule has 2 heterocycles. The molecule has 6 heteroatoms. The molecule has 3 atom stereocenters. The topological polar surface area (TPSA) is 68.2 Å². The van der Waals surface area contributed by atoms with Gasteiger partial charge < -0.3 is 19.9 Å². The Morgan fingerprint density at radius 1 is 1.50 bits per heavy atom. The highest BCUT2D eigenvalue weighted by atomic mass is 16.5. The smallest absolute Gasteiger partial charge is 0.240 e. The van der Waals surface area contributed by atoms with Crippen LogP contribution >= 0.6 is 0 Å². The normalized spacial score (nSPS) is 23.4. The second-order valence-electron chi connectivity index (χ2n) is 5.76. The number of fused-ring (bicyclic) bond motifs is 1. The zero-order valence-electron chi connectivity index (χ0n) is 13.2. The van der Waals surface area contributed by atoms with Crippen molar-refractivity contribution in [3.8, 4) is 0 Å². The number of aromatic nitrogens is 2. The molecule has 1 aromatic heterocycles. The number of aryl methyl sites for hydroxylation is 1. The minimum Gasteiger partial charge on any atom is -0.375 e. The van der Waals surface area contributed by atoms with Crippen molar-refractivity contribution < 1.29 is 9.53 Å². The first-order chi connectivity index (χ1) is 10.6. The highest BCUT2D eigenvalue weighted by molar-refractivity contribution is 5.83. The van der Waals surface area contributed by atoms with Crippen molar-refractivity contribution in [2.24, 2.45) is 7.05 Å². The van der Waals surface area contributed by atoms with Crippen molar-refractivity contribution in [2.75, 3.05) is 13.2 Å². The fraction of sp³-hybridized carbons (Fsp3) is 0.500. The molecule has 3 rings (SSSR count). The summed E-state index contributed by atoms with van der Waals surface area (Å²) in [4.78, 5) is 17.1. The van der Waals surface area contributed by atoms with Crippen molar-refractivity contribution in [1.82, 2.24) is 20.2 Å². The maximum absolute atomic E-state index is 12.4. The van der Waals surface area contributed by atoms with Gasteiger partial charge in [0.1, 0.15) is 11.9 Å². The number of amides is 1. The van der Waals surface area contributed by atoms with E-state index in [1.165, 1.54) is 0 Å². The fourth-order valence-electron chi connectivity index (χ4n) is 2.95. The highest BCUT2D eigenvalue weighted by Gasteiger charge is 2.29. The minimum atomic E-state index is -0.314. The van der Waals surface area contributed by atoms with Gasteiger partial charge in [-0.15, -0.1) is 0 Å². The van der Waals surface area contributed by atoms with Gasteiger partial charge in [-0.25, -0.2) is 4.98 Å². The Bertz CT molecular complexity index is 682. The second-order valence-corrected chi connectivity index (χ2v) is 5.76. The van der Waals surface area contributed by atoms with Crippen LogP contribution in [0.5, 0.6) is 0 Å². The molecule has 2 aromatic rings. The lowest BCUT2D eigenvalue weighted by Gasteiger charge is -2.30. The van der Waals surface area contributed by atoms with E-state index in [0.717, 1.165) is 16.9 Å². The number of carbonyl (C=O) groups is 1. The van der Waals surface area contributed by atoms with Gasteiger partial charge in [0, 0.05) is 13.6 Å². The first kappa shape index (κ1) is 15.0. The van der Waals surface area contributed by atoms with E-state index in [9.17, 15) is 4.79 Å². The van der Waals surface area contributed by atoms with Crippen molar-refractivity contribution in [1.29, 1.82) is 0 Å². The van der Waals surface area contributed by atoms with Gasteiger partial charge in [0.05, 0.1) is 29.8 Å². The number of imidazole rings is 1. The summed E-state index contributed by atoms with van der Waals surface area (Å²) in [7, 11) is 1.97. The highest BCUT2D eigenvalue weighted by Crippen LogP contribution is 2.19. The average Bonchev–Trinajstić information content (AvgIpc) is 2.85. The van der Waals surface area contributed by atoms with Crippen LogP contribution in [0.3, 0.4) is 0 Å². The van der Waals surface area contributed by atoms with E-state index in [0.29, 0.717) is 13.2 Å². The zero-order valence-corrected chi connectivity index (χ0v) is 13.2. The predicted octanol–water partition coefficient (Wildman–Crippen LogP) is 1.13. The predicted molar refractivity (Wildman–Crippen MR) is 84.5 cm³/mol. The molecule has 1 fully saturated rings. The number of hydrogen-bond acceptors (Lipinski definition) is 4. The number of hydrogen-bond donors (Lipinski definition) is 2. The van der Waals surface area contributed by atoms with E-state index in [2.05, 4.69) is 15.6 Å². The number of rotatable bonds is 3. The maximum atomic E-state index is 12.4. The van der Waals surface area contributed by atoms with E-state index in [1.807, 2.05) is 49.7 Å². The van der Waals surface area contributed by atoms with Crippen LogP contribution in [0.4, 0.5) is 0 Å². The molecule has 1 unspecified atom stereocenters. The molecule has 1 aliphatic heterocycles. The summed E-state index contributed by atoms with van der Waals surface area (Å²) in [6, 6.07) is 7.48. The Hall–Kier alpha value is -1.92. The third kappa shape index (κ3) is 2.71. The summed E-state index contributed by atoms with van der Waals surface area (Å²) in [6.07, 6.45) is -0.124. The van der Waals surface area contributed by atoms with Gasteiger partial charge in [-0.1, -0.05) is 12.1 Å². The van der Waals surface area contributed by atoms with E-state index < -0.39 is 0 Å². The van der Waals surface area contributed by atoms with E-state index >= 15 is 0 Å². The van der Waals surface area contributed by atoms with Gasteiger partial charge in [0.15, 0.2) is 0 Å². The standard InChI is InChI=1S/C16H22N4O2/c1-10(18-16(21)14-11(2)22-9-8-17-14)15-19-12-6-4-5-7-13(12)20(15)3/h4-7,10-11,14,17H,8-9H2,1-3H3,(H,18,21)/t10?,11-,14+/m1/s1. The molecule has 1 aliphatic rings. The lowest BCUT2D eigenvalue weighted by Crippen LogP contribution is -2.55. The third-order valence-corrected chi connectivity index (χ3v) is 4.17. The van der Waals surface area contributed by atoms with E-state index in [1.54, 1.807) is 0 Å². The Kier molecular flexibility index (Phi) is 4.13. The van der Waals surface area contributed by atoms with Crippen molar-refractivity contribution in [3.63, 3.8) is 0 Å². The number of nitrogens with zero attached hydrogens (tertiary/aromatic N) is 2. The molecule has 0 saturated carbocycles. The van der Waals surface area contributed by atoms with E-state index in [-0.39, 0.29) is 24.1 Å². The number of nitrogens with one attached hydrogen (secondary N) is 2. The molecule has 0 radical (unpaired) electrons. The molecule has 0 bridgehead atoms. The van der Waals surface area contributed by atoms with Crippen molar-refractivity contribution in [3.05, 3.63) is 30.1 Å². The zero-order chi connectivity index (χ0) is 15.7. The monoisotopic (exact) mass is 302 g/mol. The summed E-state index contributed by atoms with van der Waals surface area (Å²) in [5.41, 5.74) is 2.00. The fourth-order valence-corrected chi connectivity index (χ4v) is 2.95. The molecule has 6 nitrogen and oxygen atoms in total. The van der Waals surface area contributed by atoms with Gasteiger partial charge in [-0.2, -0.15) is 0 Å². The minimum absolute atomic E-state index is 0.0493. The molecule has 118 valence electrons. The summed E-state index contributed by atoms with van der Waals surface area (Å²) >= 11 is 0. The van der Waals surface area contributed by atoms with Crippen molar-refractivity contribution in [2.45, 2.75) is 32.0 Å². The molecule has 0 spiro atoms. The van der Waals surface area contributed by atoms with Gasteiger partial charge in [-0.05, 0) is 26.0 Å². The number of morpholine rings is 1. The summed E-state index contributed by atoms with van der Waals surface area (Å²) in [6.45, 7) is 5.21.